The topological polar surface area (TPSA) is 69.6 Å². The van der Waals surface area contributed by atoms with Gasteiger partial charge in [-0.2, -0.15) is 0 Å². The Morgan fingerprint density at radius 1 is 1.41 bits per heavy atom. The van der Waals surface area contributed by atoms with Crippen molar-refractivity contribution in [1.82, 2.24) is 9.62 Å². The summed E-state index contributed by atoms with van der Waals surface area (Å²) in [5, 5.41) is 9.81. The largest absolute Gasteiger partial charge is 0.395 e. The molecule has 1 saturated heterocycles. The molecule has 0 spiro atoms. The smallest absolute Gasteiger partial charge is 0.240 e. The van der Waals surface area contributed by atoms with Crippen molar-refractivity contribution in [2.24, 2.45) is 0 Å². The molecule has 1 aromatic carbocycles. The highest BCUT2D eigenvalue weighted by Crippen LogP contribution is 2.22. The molecule has 0 radical (unpaired) electrons. The zero-order chi connectivity index (χ0) is 16.2. The van der Waals surface area contributed by atoms with Gasteiger partial charge in [0.05, 0.1) is 11.5 Å². The molecule has 0 aliphatic carbocycles. The van der Waals surface area contributed by atoms with E-state index in [1.807, 2.05) is 0 Å². The van der Waals surface area contributed by atoms with Gasteiger partial charge in [0.2, 0.25) is 10.0 Å². The van der Waals surface area contributed by atoms with Gasteiger partial charge >= 0.3 is 0 Å². The summed E-state index contributed by atoms with van der Waals surface area (Å²) in [6, 6.07) is 5.01. The zero-order valence-corrected chi connectivity index (χ0v) is 14.3. The second-order valence-electron chi connectivity index (χ2n) is 5.63. The van der Waals surface area contributed by atoms with Crippen LogP contribution in [-0.2, 0) is 10.0 Å². The van der Waals surface area contributed by atoms with Crippen molar-refractivity contribution in [2.45, 2.75) is 37.1 Å². The van der Waals surface area contributed by atoms with Crippen LogP contribution in [0.1, 0.15) is 24.8 Å². The standard InChI is InChI=1S/C15H23ClN2O3S/c1-12-14(16)6-4-7-15(12)22(20,21)17-8-10-18-9-3-2-5-13(18)11-19/h4,6-7,13,17,19H,2-3,5,8-11H2,1H3/t13-/m1/s1. The normalized spacial score (nSPS) is 20.2. The fourth-order valence-corrected chi connectivity index (χ4v) is 4.36. The number of benzene rings is 1. The molecular formula is C15H23ClN2O3S. The molecule has 1 fully saturated rings. The molecule has 1 atom stereocenters. The maximum atomic E-state index is 12.4. The number of halogens is 1. The molecule has 5 nitrogen and oxygen atoms in total. The van der Waals surface area contributed by atoms with Crippen LogP contribution >= 0.6 is 11.6 Å². The second-order valence-corrected chi connectivity index (χ2v) is 7.77. The summed E-state index contributed by atoms with van der Waals surface area (Å²) in [7, 11) is -3.56. The monoisotopic (exact) mass is 346 g/mol. The van der Waals surface area contributed by atoms with Crippen molar-refractivity contribution >= 4 is 21.6 Å². The van der Waals surface area contributed by atoms with Gasteiger partial charge in [0.1, 0.15) is 0 Å². The Labute approximate surface area is 137 Å². The number of piperidine rings is 1. The lowest BCUT2D eigenvalue weighted by Gasteiger charge is -2.34. The highest BCUT2D eigenvalue weighted by Gasteiger charge is 2.22. The summed E-state index contributed by atoms with van der Waals surface area (Å²) in [6.45, 7) is 3.65. The summed E-state index contributed by atoms with van der Waals surface area (Å²) in [4.78, 5) is 2.37. The molecule has 1 heterocycles. The number of aliphatic hydroxyl groups excluding tert-OH is 1. The quantitative estimate of drug-likeness (QED) is 0.823. The Morgan fingerprint density at radius 2 is 2.18 bits per heavy atom. The van der Waals surface area contributed by atoms with Gasteiger partial charge in [-0.15, -0.1) is 0 Å². The van der Waals surface area contributed by atoms with E-state index in [2.05, 4.69) is 9.62 Å². The number of nitrogens with zero attached hydrogens (tertiary/aromatic N) is 1. The second kappa shape index (κ2) is 7.75. The van der Waals surface area contributed by atoms with Gasteiger partial charge < -0.3 is 5.11 Å². The molecule has 0 bridgehead atoms. The number of sulfonamides is 1. The van der Waals surface area contributed by atoms with Crippen LogP contribution in [0.4, 0.5) is 0 Å². The molecule has 1 aromatic rings. The maximum absolute atomic E-state index is 12.4. The van der Waals surface area contributed by atoms with Gasteiger partial charge in [0, 0.05) is 24.2 Å². The minimum atomic E-state index is -3.56. The highest BCUT2D eigenvalue weighted by atomic mass is 35.5. The predicted molar refractivity (Wildman–Crippen MR) is 87.7 cm³/mol. The third kappa shape index (κ3) is 4.20. The first-order chi connectivity index (χ1) is 10.5. The van der Waals surface area contributed by atoms with Gasteiger partial charge in [0.15, 0.2) is 0 Å². The third-order valence-electron chi connectivity index (χ3n) is 4.16. The van der Waals surface area contributed by atoms with E-state index in [0.717, 1.165) is 25.8 Å². The van der Waals surface area contributed by atoms with Crippen LogP contribution in [-0.4, -0.2) is 50.7 Å². The molecule has 0 saturated carbocycles. The van der Waals surface area contributed by atoms with Crippen molar-refractivity contribution in [1.29, 1.82) is 0 Å². The highest BCUT2D eigenvalue weighted by molar-refractivity contribution is 7.89. The SMILES string of the molecule is Cc1c(Cl)cccc1S(=O)(=O)NCCN1CCCC[C@@H]1CO. The minimum Gasteiger partial charge on any atom is -0.395 e. The van der Waals surface area contributed by atoms with Crippen LogP contribution in [0.15, 0.2) is 23.1 Å². The molecule has 7 heteroatoms. The number of likely N-dealkylation sites (tertiary alicyclic amines) is 1. The van der Waals surface area contributed by atoms with Crippen molar-refractivity contribution < 1.29 is 13.5 Å². The Bertz CT molecular complexity index is 607. The molecule has 2 N–H and O–H groups in total. The first-order valence-corrected chi connectivity index (χ1v) is 9.41. The molecule has 0 unspecified atom stereocenters. The first-order valence-electron chi connectivity index (χ1n) is 7.55. The fraction of sp³-hybridized carbons (Fsp3) is 0.600. The summed E-state index contributed by atoms with van der Waals surface area (Å²) in [5.41, 5.74) is 0.558. The van der Waals surface area contributed by atoms with E-state index >= 15 is 0 Å². The van der Waals surface area contributed by atoms with Gasteiger partial charge in [-0.25, -0.2) is 13.1 Å². The predicted octanol–water partition coefficient (Wildman–Crippen LogP) is 1.77. The maximum Gasteiger partial charge on any atom is 0.240 e. The van der Waals surface area contributed by atoms with Gasteiger partial charge in [-0.1, -0.05) is 24.1 Å². The van der Waals surface area contributed by atoms with Crippen LogP contribution in [0, 0.1) is 6.92 Å². The van der Waals surface area contributed by atoms with Gasteiger partial charge in [-0.3, -0.25) is 4.90 Å². The number of hydrogen-bond donors (Lipinski definition) is 2. The molecular weight excluding hydrogens is 324 g/mol. The lowest BCUT2D eigenvalue weighted by molar-refractivity contribution is 0.0923. The van der Waals surface area contributed by atoms with Gasteiger partial charge in [-0.05, 0) is 44.0 Å². The van der Waals surface area contributed by atoms with E-state index in [-0.39, 0.29) is 17.5 Å². The van der Waals surface area contributed by atoms with E-state index in [9.17, 15) is 13.5 Å². The van der Waals surface area contributed by atoms with Crippen LogP contribution in [0.25, 0.3) is 0 Å². The van der Waals surface area contributed by atoms with Crippen LogP contribution in [0.3, 0.4) is 0 Å². The van der Waals surface area contributed by atoms with Crippen molar-refractivity contribution in [3.63, 3.8) is 0 Å². The number of nitrogens with one attached hydrogen (secondary N) is 1. The molecule has 0 amide bonds. The van der Waals surface area contributed by atoms with E-state index < -0.39 is 10.0 Å². The molecule has 1 aliphatic rings. The molecule has 124 valence electrons. The minimum absolute atomic E-state index is 0.125. The Balaban J connectivity index is 1.97. The van der Waals surface area contributed by atoms with Crippen molar-refractivity contribution in [3.8, 4) is 0 Å². The van der Waals surface area contributed by atoms with E-state index in [4.69, 9.17) is 11.6 Å². The van der Waals surface area contributed by atoms with Crippen molar-refractivity contribution in [3.05, 3.63) is 28.8 Å². The van der Waals surface area contributed by atoms with Crippen LogP contribution in [0.2, 0.25) is 5.02 Å². The number of hydrogen-bond acceptors (Lipinski definition) is 4. The van der Waals surface area contributed by atoms with E-state index in [1.165, 1.54) is 0 Å². The summed E-state index contributed by atoms with van der Waals surface area (Å²) in [5.74, 6) is 0. The zero-order valence-electron chi connectivity index (χ0n) is 12.8. The summed E-state index contributed by atoms with van der Waals surface area (Å²) < 4.78 is 27.3. The van der Waals surface area contributed by atoms with Crippen LogP contribution in [0.5, 0.6) is 0 Å². The number of rotatable bonds is 6. The van der Waals surface area contributed by atoms with E-state index in [1.54, 1.807) is 25.1 Å². The fourth-order valence-electron chi connectivity index (χ4n) is 2.84. The van der Waals surface area contributed by atoms with Crippen molar-refractivity contribution in [2.75, 3.05) is 26.2 Å². The molecule has 1 aliphatic heterocycles. The summed E-state index contributed by atoms with van der Waals surface area (Å²) in [6.07, 6.45) is 3.18. The van der Waals surface area contributed by atoms with Crippen LogP contribution < -0.4 is 4.72 Å². The first kappa shape index (κ1) is 17.7. The third-order valence-corrected chi connectivity index (χ3v) is 6.17. The number of aliphatic hydroxyl groups is 1. The Kier molecular flexibility index (Phi) is 6.23. The summed E-state index contributed by atoms with van der Waals surface area (Å²) >= 11 is 5.99. The molecule has 22 heavy (non-hydrogen) atoms. The van der Waals surface area contributed by atoms with E-state index in [0.29, 0.717) is 23.7 Å². The lowest BCUT2D eigenvalue weighted by Crippen LogP contribution is -2.45. The Morgan fingerprint density at radius 3 is 2.91 bits per heavy atom. The lowest BCUT2D eigenvalue weighted by atomic mass is 10.0. The molecule has 0 aromatic heterocycles. The average molecular weight is 347 g/mol. The van der Waals surface area contributed by atoms with Gasteiger partial charge in [0.25, 0.3) is 0 Å². The average Bonchev–Trinajstić information content (AvgIpc) is 2.50. The Hall–Kier alpha value is -0.660. The molecule has 2 rings (SSSR count).